The molecule has 0 atom stereocenters. The smallest absolute Gasteiger partial charge is 0.234 e. The zero-order valence-electron chi connectivity index (χ0n) is 10.9. The van der Waals surface area contributed by atoms with Crippen molar-refractivity contribution in [2.45, 2.75) is 6.54 Å². The molecule has 2 aromatic heterocycles. The van der Waals surface area contributed by atoms with Gasteiger partial charge in [0.15, 0.2) is 0 Å². The standard InChI is InChI=1S/C13H18N4O2/c1-19-7-4-14-10-13(18)16-9-11-2-5-17-6-3-15-12(17)8-11/h2-3,5-6,8,14H,4,7,9-10H2,1H3,(H,16,18). The lowest BCUT2D eigenvalue weighted by Crippen LogP contribution is -2.34. The Labute approximate surface area is 111 Å². The molecule has 6 nitrogen and oxygen atoms in total. The van der Waals surface area contributed by atoms with Gasteiger partial charge in [-0.05, 0) is 17.7 Å². The van der Waals surface area contributed by atoms with Crippen LogP contribution in [0.4, 0.5) is 0 Å². The van der Waals surface area contributed by atoms with Crippen molar-refractivity contribution >= 4 is 11.6 Å². The first-order valence-corrected chi connectivity index (χ1v) is 6.17. The first kappa shape index (κ1) is 13.5. The first-order valence-electron chi connectivity index (χ1n) is 6.17. The number of ether oxygens (including phenoxy) is 1. The summed E-state index contributed by atoms with van der Waals surface area (Å²) >= 11 is 0. The number of pyridine rings is 1. The van der Waals surface area contributed by atoms with E-state index in [2.05, 4.69) is 15.6 Å². The van der Waals surface area contributed by atoms with Crippen molar-refractivity contribution in [3.8, 4) is 0 Å². The minimum atomic E-state index is -0.0284. The first-order chi connectivity index (χ1) is 9.29. The van der Waals surface area contributed by atoms with Gasteiger partial charge in [0.25, 0.3) is 0 Å². The number of aromatic nitrogens is 2. The number of carbonyl (C=O) groups is 1. The SMILES string of the molecule is COCCNCC(=O)NCc1ccn2ccnc2c1. The molecule has 0 radical (unpaired) electrons. The van der Waals surface area contributed by atoms with E-state index in [1.807, 2.05) is 28.9 Å². The Balaban J connectivity index is 1.76. The van der Waals surface area contributed by atoms with E-state index in [9.17, 15) is 4.79 Å². The molecule has 0 bridgehead atoms. The Kier molecular flexibility index (Phi) is 4.88. The van der Waals surface area contributed by atoms with E-state index in [0.717, 1.165) is 11.2 Å². The molecule has 1 amide bonds. The van der Waals surface area contributed by atoms with Crippen LogP contribution in [0.5, 0.6) is 0 Å². The van der Waals surface area contributed by atoms with E-state index in [1.54, 1.807) is 13.3 Å². The molecule has 0 aliphatic rings. The number of hydrogen-bond donors (Lipinski definition) is 2. The van der Waals surface area contributed by atoms with Crippen LogP contribution in [0, 0.1) is 0 Å². The van der Waals surface area contributed by atoms with Gasteiger partial charge in [0.1, 0.15) is 5.65 Å². The molecule has 0 unspecified atom stereocenters. The lowest BCUT2D eigenvalue weighted by molar-refractivity contribution is -0.120. The molecule has 2 N–H and O–H groups in total. The van der Waals surface area contributed by atoms with Gasteiger partial charge in [-0.25, -0.2) is 4.98 Å². The van der Waals surface area contributed by atoms with E-state index in [-0.39, 0.29) is 5.91 Å². The van der Waals surface area contributed by atoms with Crippen LogP contribution in [0.15, 0.2) is 30.7 Å². The topological polar surface area (TPSA) is 67.7 Å². The number of rotatable bonds is 7. The molecular weight excluding hydrogens is 244 g/mol. The van der Waals surface area contributed by atoms with E-state index in [4.69, 9.17) is 4.74 Å². The normalized spacial score (nSPS) is 10.8. The third-order valence-electron chi connectivity index (χ3n) is 2.72. The van der Waals surface area contributed by atoms with Crippen LogP contribution >= 0.6 is 0 Å². The van der Waals surface area contributed by atoms with Gasteiger partial charge in [-0.2, -0.15) is 0 Å². The average Bonchev–Trinajstić information content (AvgIpc) is 2.89. The maximum Gasteiger partial charge on any atom is 0.234 e. The third kappa shape index (κ3) is 4.04. The minimum Gasteiger partial charge on any atom is -0.383 e. The molecule has 0 fully saturated rings. The third-order valence-corrected chi connectivity index (χ3v) is 2.72. The number of nitrogens with one attached hydrogen (secondary N) is 2. The molecule has 2 heterocycles. The molecule has 0 aliphatic heterocycles. The van der Waals surface area contributed by atoms with Crippen molar-refractivity contribution in [1.82, 2.24) is 20.0 Å². The van der Waals surface area contributed by atoms with E-state index < -0.39 is 0 Å². The summed E-state index contributed by atoms with van der Waals surface area (Å²) in [5.74, 6) is -0.0284. The van der Waals surface area contributed by atoms with Crippen molar-refractivity contribution < 1.29 is 9.53 Å². The second-order valence-corrected chi connectivity index (χ2v) is 4.17. The Morgan fingerprint density at radius 3 is 3.21 bits per heavy atom. The van der Waals surface area contributed by atoms with Crippen LogP contribution in [0.2, 0.25) is 0 Å². The molecule has 19 heavy (non-hydrogen) atoms. The summed E-state index contributed by atoms with van der Waals surface area (Å²) in [6.07, 6.45) is 5.56. The summed E-state index contributed by atoms with van der Waals surface area (Å²) in [5, 5.41) is 5.85. The van der Waals surface area contributed by atoms with Crippen LogP contribution in [-0.4, -0.2) is 42.1 Å². The van der Waals surface area contributed by atoms with Crippen LogP contribution in [0.3, 0.4) is 0 Å². The minimum absolute atomic E-state index is 0.0284. The van der Waals surface area contributed by atoms with Gasteiger partial charge >= 0.3 is 0 Å². The molecule has 0 spiro atoms. The van der Waals surface area contributed by atoms with E-state index in [0.29, 0.717) is 26.2 Å². The summed E-state index contributed by atoms with van der Waals surface area (Å²) in [5.41, 5.74) is 1.91. The highest BCUT2D eigenvalue weighted by Gasteiger charge is 2.01. The van der Waals surface area contributed by atoms with Crippen LogP contribution < -0.4 is 10.6 Å². The monoisotopic (exact) mass is 262 g/mol. The maximum absolute atomic E-state index is 11.6. The van der Waals surface area contributed by atoms with Crippen LogP contribution in [-0.2, 0) is 16.1 Å². The molecule has 0 saturated heterocycles. The predicted molar refractivity (Wildman–Crippen MR) is 71.8 cm³/mol. The molecule has 2 rings (SSSR count). The number of hydrogen-bond acceptors (Lipinski definition) is 4. The molecule has 102 valence electrons. The summed E-state index contributed by atoms with van der Waals surface area (Å²) in [6, 6.07) is 3.92. The van der Waals surface area contributed by atoms with Crippen LogP contribution in [0.1, 0.15) is 5.56 Å². The van der Waals surface area contributed by atoms with Crippen LogP contribution in [0.25, 0.3) is 5.65 Å². The van der Waals surface area contributed by atoms with Gasteiger partial charge in [-0.3, -0.25) is 4.79 Å². The van der Waals surface area contributed by atoms with Crippen molar-refractivity contribution in [3.63, 3.8) is 0 Å². The van der Waals surface area contributed by atoms with Crippen molar-refractivity contribution in [2.75, 3.05) is 26.8 Å². The summed E-state index contributed by atoms with van der Waals surface area (Å²) in [4.78, 5) is 15.8. The second-order valence-electron chi connectivity index (χ2n) is 4.17. The summed E-state index contributed by atoms with van der Waals surface area (Å²) in [7, 11) is 1.63. The highest BCUT2D eigenvalue weighted by Crippen LogP contribution is 2.04. The predicted octanol–water partition coefficient (Wildman–Crippen LogP) is 0.187. The molecule has 0 aromatic carbocycles. The summed E-state index contributed by atoms with van der Waals surface area (Å²) in [6.45, 7) is 2.08. The van der Waals surface area contributed by atoms with Gasteiger partial charge < -0.3 is 19.8 Å². The molecule has 2 aromatic rings. The number of amides is 1. The Hall–Kier alpha value is -1.92. The Bertz CT molecular complexity index is 538. The lowest BCUT2D eigenvalue weighted by Gasteiger charge is -2.07. The quantitative estimate of drug-likeness (QED) is 0.699. The highest BCUT2D eigenvalue weighted by molar-refractivity contribution is 5.77. The average molecular weight is 262 g/mol. The Morgan fingerprint density at radius 2 is 2.37 bits per heavy atom. The van der Waals surface area contributed by atoms with Gasteiger partial charge in [0.05, 0.1) is 13.2 Å². The number of methoxy groups -OCH3 is 1. The zero-order chi connectivity index (χ0) is 13.5. The largest absolute Gasteiger partial charge is 0.383 e. The molecule has 0 aliphatic carbocycles. The highest BCUT2D eigenvalue weighted by atomic mass is 16.5. The van der Waals surface area contributed by atoms with Crippen molar-refractivity contribution in [1.29, 1.82) is 0 Å². The number of fused-ring (bicyclic) bond motifs is 1. The number of imidazole rings is 1. The van der Waals surface area contributed by atoms with Gasteiger partial charge in [0.2, 0.25) is 5.91 Å². The Morgan fingerprint density at radius 1 is 1.47 bits per heavy atom. The second kappa shape index (κ2) is 6.86. The fourth-order valence-corrected chi connectivity index (χ4v) is 1.70. The molecular formula is C13H18N4O2. The van der Waals surface area contributed by atoms with E-state index in [1.165, 1.54) is 0 Å². The summed E-state index contributed by atoms with van der Waals surface area (Å²) < 4.78 is 6.81. The number of nitrogens with zero attached hydrogens (tertiary/aromatic N) is 2. The van der Waals surface area contributed by atoms with Gasteiger partial charge in [-0.15, -0.1) is 0 Å². The van der Waals surface area contributed by atoms with Crippen molar-refractivity contribution in [2.24, 2.45) is 0 Å². The van der Waals surface area contributed by atoms with E-state index >= 15 is 0 Å². The van der Waals surface area contributed by atoms with Gasteiger partial charge in [-0.1, -0.05) is 0 Å². The van der Waals surface area contributed by atoms with Crippen molar-refractivity contribution in [3.05, 3.63) is 36.3 Å². The van der Waals surface area contributed by atoms with Gasteiger partial charge in [0, 0.05) is 38.8 Å². The number of carbonyl (C=O) groups excluding carboxylic acids is 1. The molecule has 0 saturated carbocycles. The molecule has 6 heteroatoms. The lowest BCUT2D eigenvalue weighted by atomic mass is 10.2. The maximum atomic E-state index is 11.6. The fourth-order valence-electron chi connectivity index (χ4n) is 1.70. The fraction of sp³-hybridized carbons (Fsp3) is 0.385. The zero-order valence-corrected chi connectivity index (χ0v) is 10.9.